The van der Waals surface area contributed by atoms with Gasteiger partial charge in [-0.25, -0.2) is 4.79 Å². The van der Waals surface area contributed by atoms with E-state index in [4.69, 9.17) is 14.2 Å². The lowest BCUT2D eigenvalue weighted by atomic mass is 9.84. The number of rotatable bonds is 13. The van der Waals surface area contributed by atoms with Crippen LogP contribution in [-0.2, 0) is 40.0 Å². The summed E-state index contributed by atoms with van der Waals surface area (Å²) < 4.78 is 16.3. The van der Waals surface area contributed by atoms with Crippen molar-refractivity contribution in [3.05, 3.63) is 100 Å². The first-order valence-corrected chi connectivity index (χ1v) is 15.8. The highest BCUT2D eigenvalue weighted by atomic mass is 16.5. The number of fused-ring (bicyclic) bond motifs is 2. The fourth-order valence-electron chi connectivity index (χ4n) is 6.76. The van der Waals surface area contributed by atoms with Crippen LogP contribution in [0.3, 0.4) is 0 Å². The van der Waals surface area contributed by atoms with Gasteiger partial charge in [0.05, 0.1) is 26.4 Å². The van der Waals surface area contributed by atoms with Gasteiger partial charge in [0.25, 0.3) is 0 Å². The Labute approximate surface area is 256 Å². The zero-order valence-electron chi connectivity index (χ0n) is 25.7. The fraction of sp³-hybridized carbons (Fsp3) is 0.459. The number of carbonyl (C=O) groups excluding carboxylic acids is 2. The van der Waals surface area contributed by atoms with Crippen LogP contribution in [0.15, 0.2) is 66.7 Å². The summed E-state index contributed by atoms with van der Waals surface area (Å²) in [6.07, 6.45) is 9.53. The first kappa shape index (κ1) is 30.8. The predicted octanol–water partition coefficient (Wildman–Crippen LogP) is 6.92. The van der Waals surface area contributed by atoms with Gasteiger partial charge in [0.1, 0.15) is 5.75 Å². The van der Waals surface area contributed by atoms with E-state index >= 15 is 0 Å². The number of methoxy groups -OCH3 is 2. The molecule has 228 valence electrons. The van der Waals surface area contributed by atoms with Crippen molar-refractivity contribution >= 4 is 11.9 Å². The maximum Gasteiger partial charge on any atom is 0.337 e. The van der Waals surface area contributed by atoms with Crippen molar-refractivity contribution < 1.29 is 23.8 Å². The van der Waals surface area contributed by atoms with Crippen molar-refractivity contribution in [3.63, 3.8) is 0 Å². The van der Waals surface area contributed by atoms with Gasteiger partial charge in [0.2, 0.25) is 0 Å². The molecule has 3 aromatic rings. The number of carbonyl (C=O) groups is 2. The maximum atomic E-state index is 12.2. The summed E-state index contributed by atoms with van der Waals surface area (Å²) in [6.45, 7) is 2.52. The zero-order valence-corrected chi connectivity index (χ0v) is 25.7. The lowest BCUT2D eigenvalue weighted by Crippen LogP contribution is -2.34. The monoisotopic (exact) mass is 583 g/mol. The van der Waals surface area contributed by atoms with E-state index in [9.17, 15) is 9.59 Å². The average Bonchev–Trinajstić information content (AvgIpc) is 3.06. The Morgan fingerprint density at radius 3 is 2.49 bits per heavy atom. The summed E-state index contributed by atoms with van der Waals surface area (Å²) in [6, 6.07) is 23.5. The summed E-state index contributed by atoms with van der Waals surface area (Å²) in [5.41, 5.74) is 7.32. The first-order chi connectivity index (χ1) is 21.1. The second kappa shape index (κ2) is 15.2. The molecule has 2 atom stereocenters. The SMILES string of the molecule is COC(=O)CCCCN(CCc1ccccc1OCC1CCc2ccccc2C1)C1CCCc2cc(C(=O)OC)ccc21. The Kier molecular flexibility index (Phi) is 10.9. The molecule has 2 unspecified atom stereocenters. The van der Waals surface area contributed by atoms with Crippen LogP contribution >= 0.6 is 0 Å². The minimum absolute atomic E-state index is 0.155. The highest BCUT2D eigenvalue weighted by Crippen LogP contribution is 2.36. The number of hydrogen-bond acceptors (Lipinski definition) is 6. The third-order valence-corrected chi connectivity index (χ3v) is 9.16. The van der Waals surface area contributed by atoms with E-state index < -0.39 is 0 Å². The maximum absolute atomic E-state index is 12.2. The first-order valence-electron chi connectivity index (χ1n) is 15.8. The third kappa shape index (κ3) is 8.05. The summed E-state index contributed by atoms with van der Waals surface area (Å²) in [5.74, 6) is 1.07. The standard InChI is InChI=1S/C37H45NO5/c1-41-36(39)16-7-8-22-38(34-14-9-13-31-25-32(37(40)42-2)19-20-33(31)34)23-21-29-11-5-6-15-35(29)43-26-27-17-18-28-10-3-4-12-30(28)24-27/h3-6,10-12,15,19-20,25,27,34H,7-9,13-14,16-18,21-24,26H2,1-2H3. The van der Waals surface area contributed by atoms with Crippen LogP contribution in [0.1, 0.15) is 82.7 Å². The summed E-state index contributed by atoms with van der Waals surface area (Å²) in [7, 11) is 2.87. The molecule has 0 N–H and O–H groups in total. The third-order valence-electron chi connectivity index (χ3n) is 9.16. The molecule has 0 heterocycles. The Hall–Kier alpha value is -3.64. The van der Waals surface area contributed by atoms with E-state index in [1.807, 2.05) is 12.1 Å². The quantitative estimate of drug-likeness (QED) is 0.161. The van der Waals surface area contributed by atoms with E-state index in [0.29, 0.717) is 17.9 Å². The second-order valence-electron chi connectivity index (χ2n) is 11.9. The van der Waals surface area contributed by atoms with Crippen molar-refractivity contribution in [2.75, 3.05) is 33.9 Å². The normalized spacial score (nSPS) is 17.6. The van der Waals surface area contributed by atoms with Crippen molar-refractivity contribution in [3.8, 4) is 5.75 Å². The molecule has 6 heteroatoms. The van der Waals surface area contributed by atoms with Gasteiger partial charge in [-0.2, -0.15) is 0 Å². The summed E-state index contributed by atoms with van der Waals surface area (Å²) in [5, 5.41) is 0. The molecular formula is C37H45NO5. The van der Waals surface area contributed by atoms with Crippen molar-refractivity contribution in [1.82, 2.24) is 4.90 Å². The molecule has 2 aliphatic rings. The fourth-order valence-corrected chi connectivity index (χ4v) is 6.76. The molecule has 0 bridgehead atoms. The molecule has 2 aliphatic carbocycles. The van der Waals surface area contributed by atoms with Crippen LogP contribution in [0.25, 0.3) is 0 Å². The number of aryl methyl sites for hydroxylation is 2. The molecule has 0 saturated carbocycles. The Morgan fingerprint density at radius 1 is 0.837 bits per heavy atom. The van der Waals surface area contributed by atoms with Crippen LogP contribution in [0.2, 0.25) is 0 Å². The number of benzene rings is 3. The van der Waals surface area contributed by atoms with Gasteiger partial charge >= 0.3 is 11.9 Å². The van der Waals surface area contributed by atoms with E-state index in [0.717, 1.165) is 83.2 Å². The summed E-state index contributed by atoms with van der Waals surface area (Å²) >= 11 is 0. The molecule has 0 radical (unpaired) electrons. The number of para-hydroxylation sites is 1. The van der Waals surface area contributed by atoms with Crippen LogP contribution in [0, 0.1) is 5.92 Å². The van der Waals surface area contributed by atoms with Crippen molar-refractivity contribution in [2.45, 2.75) is 70.3 Å². The van der Waals surface area contributed by atoms with Gasteiger partial charge < -0.3 is 14.2 Å². The van der Waals surface area contributed by atoms with Crippen LogP contribution in [-0.4, -0.2) is 50.8 Å². The lowest BCUT2D eigenvalue weighted by Gasteiger charge is -2.36. The van der Waals surface area contributed by atoms with Gasteiger partial charge in [-0.3, -0.25) is 9.69 Å². The summed E-state index contributed by atoms with van der Waals surface area (Å²) in [4.78, 5) is 26.5. The van der Waals surface area contributed by atoms with E-state index in [1.54, 1.807) is 0 Å². The highest BCUT2D eigenvalue weighted by Gasteiger charge is 2.27. The number of esters is 2. The number of unbranched alkanes of at least 4 members (excludes halogenated alkanes) is 1. The number of nitrogens with zero attached hydrogens (tertiary/aromatic N) is 1. The molecule has 6 nitrogen and oxygen atoms in total. The van der Waals surface area contributed by atoms with Crippen LogP contribution in [0.5, 0.6) is 5.75 Å². The molecule has 0 fully saturated rings. The second-order valence-corrected chi connectivity index (χ2v) is 11.9. The molecular weight excluding hydrogens is 538 g/mol. The van der Waals surface area contributed by atoms with Gasteiger partial charge in [-0.05, 0) is 116 Å². The molecule has 0 amide bonds. The van der Waals surface area contributed by atoms with E-state index in [1.165, 1.54) is 42.0 Å². The molecule has 5 rings (SSSR count). The predicted molar refractivity (Wildman–Crippen MR) is 168 cm³/mol. The minimum Gasteiger partial charge on any atom is -0.493 e. The molecule has 0 aromatic heterocycles. The molecule has 0 aliphatic heterocycles. The molecule has 0 saturated heterocycles. The topological polar surface area (TPSA) is 65.1 Å². The lowest BCUT2D eigenvalue weighted by molar-refractivity contribution is -0.140. The Morgan fingerprint density at radius 2 is 1.65 bits per heavy atom. The van der Waals surface area contributed by atoms with Crippen molar-refractivity contribution in [2.24, 2.45) is 5.92 Å². The van der Waals surface area contributed by atoms with E-state index in [-0.39, 0.29) is 18.0 Å². The Bertz CT molecular complexity index is 1380. The molecule has 43 heavy (non-hydrogen) atoms. The van der Waals surface area contributed by atoms with Crippen LogP contribution in [0.4, 0.5) is 0 Å². The molecule has 3 aromatic carbocycles. The van der Waals surface area contributed by atoms with E-state index in [2.05, 4.69) is 59.5 Å². The largest absolute Gasteiger partial charge is 0.493 e. The van der Waals surface area contributed by atoms with Gasteiger partial charge in [0.15, 0.2) is 0 Å². The minimum atomic E-state index is -0.293. The van der Waals surface area contributed by atoms with Gasteiger partial charge in [-0.1, -0.05) is 48.5 Å². The van der Waals surface area contributed by atoms with Crippen LogP contribution < -0.4 is 4.74 Å². The molecule has 0 spiro atoms. The van der Waals surface area contributed by atoms with Gasteiger partial charge in [-0.15, -0.1) is 0 Å². The van der Waals surface area contributed by atoms with Gasteiger partial charge in [0, 0.05) is 19.0 Å². The highest BCUT2D eigenvalue weighted by molar-refractivity contribution is 5.89. The zero-order chi connectivity index (χ0) is 30.0. The number of hydrogen-bond donors (Lipinski definition) is 0. The number of ether oxygens (including phenoxy) is 3. The Balaban J connectivity index is 1.27. The van der Waals surface area contributed by atoms with Crippen molar-refractivity contribution in [1.29, 1.82) is 0 Å². The average molecular weight is 584 g/mol. The smallest absolute Gasteiger partial charge is 0.337 e.